The van der Waals surface area contributed by atoms with Crippen molar-refractivity contribution in [2.75, 3.05) is 16.0 Å². The van der Waals surface area contributed by atoms with Crippen LogP contribution in [0.15, 0.2) is 24.3 Å². The van der Waals surface area contributed by atoms with Crippen LogP contribution in [0.4, 0.5) is 31.4 Å². The first kappa shape index (κ1) is 52.0. The number of nitrogens with two attached hydrogens (primary N) is 1. The number of halogens is 6. The van der Waals surface area contributed by atoms with Gasteiger partial charge in [-0.3, -0.25) is 5.32 Å². The monoisotopic (exact) mass is 930 g/mol. The summed E-state index contributed by atoms with van der Waals surface area (Å²) in [5.41, 5.74) is 1.15. The largest absolute Gasteiger partial charge is 0.478 e. The predicted octanol–water partition coefficient (Wildman–Crippen LogP) is 11.4. The van der Waals surface area contributed by atoms with Gasteiger partial charge in [0.1, 0.15) is 64.4 Å². The lowest BCUT2D eigenvalue weighted by Crippen LogP contribution is -2.43. The number of esters is 1. The number of ether oxygens (including phenoxy) is 4. The average Bonchev–Trinajstić information content (AvgIpc) is 2.92. The van der Waals surface area contributed by atoms with Crippen LogP contribution in [0.25, 0.3) is 0 Å². The normalized spacial score (nSPS) is 11.4. The number of amides is 3. The first-order valence-corrected chi connectivity index (χ1v) is 18.9. The standard InChI is InChI=1S/C16H20Cl2N2O6.C15H20Cl2N2O4.C5H4Cl2N2/c1-15(2,3)25-13(23)8-9(19-14(24)26-16(4,5)6)7(12(21)22)10(17)20-11(8)18;1-14(2,3)22-12(20)19(13(21)23-15(4,5)6)9-7-10(16)18-11(17)8-9;6-4-1-3(8)2-5(7)9-4/h1-6H3,(H,21,22)(H,19,20,24);7-8H,1-6H3;1-2H,(H2,8,9). The van der Waals surface area contributed by atoms with Crippen molar-refractivity contribution >= 4 is 117 Å². The topological polar surface area (TPSA) is 222 Å². The number of carbonyl (C=O) groups is 5. The van der Waals surface area contributed by atoms with E-state index in [1.54, 1.807) is 83.1 Å². The Morgan fingerprint density at radius 2 is 0.948 bits per heavy atom. The van der Waals surface area contributed by atoms with Crippen molar-refractivity contribution in [3.8, 4) is 0 Å². The molecular weight excluding hydrogens is 889 g/mol. The summed E-state index contributed by atoms with van der Waals surface area (Å²) in [4.78, 5) is 72.8. The van der Waals surface area contributed by atoms with E-state index in [0.29, 0.717) is 16.0 Å². The maximum atomic E-state index is 12.5. The maximum Gasteiger partial charge on any atom is 0.424 e. The molecule has 22 heteroatoms. The first-order valence-electron chi connectivity index (χ1n) is 16.6. The number of nitrogens with zero attached hydrogens (tertiary/aromatic N) is 4. The summed E-state index contributed by atoms with van der Waals surface area (Å²) in [7, 11) is 0. The number of aromatic carboxylic acids is 1. The summed E-state index contributed by atoms with van der Waals surface area (Å²) < 4.78 is 20.8. The molecule has 0 aromatic carbocycles. The van der Waals surface area contributed by atoms with Crippen LogP contribution in [0.2, 0.25) is 30.9 Å². The molecule has 0 aliphatic heterocycles. The van der Waals surface area contributed by atoms with E-state index in [2.05, 4.69) is 20.3 Å². The van der Waals surface area contributed by atoms with Crippen LogP contribution in [-0.4, -0.2) is 72.7 Å². The van der Waals surface area contributed by atoms with E-state index in [1.807, 2.05) is 0 Å². The lowest BCUT2D eigenvalue weighted by Gasteiger charge is -2.28. The molecule has 0 fully saturated rings. The second kappa shape index (κ2) is 20.8. The molecule has 3 rings (SSSR count). The molecule has 58 heavy (non-hydrogen) atoms. The third kappa shape index (κ3) is 19.1. The fourth-order valence-electron chi connectivity index (χ4n) is 3.74. The van der Waals surface area contributed by atoms with Crippen LogP contribution >= 0.6 is 69.6 Å². The molecule has 0 saturated carbocycles. The van der Waals surface area contributed by atoms with Gasteiger partial charge in [-0.2, -0.15) is 4.90 Å². The number of nitrogen functional groups attached to an aromatic ring is 1. The van der Waals surface area contributed by atoms with Gasteiger partial charge in [-0.05, 0) is 95.2 Å². The van der Waals surface area contributed by atoms with Crippen LogP contribution in [0, 0.1) is 0 Å². The zero-order valence-electron chi connectivity index (χ0n) is 33.6. The summed E-state index contributed by atoms with van der Waals surface area (Å²) in [5, 5.41) is 11.4. The Morgan fingerprint density at radius 3 is 1.29 bits per heavy atom. The van der Waals surface area contributed by atoms with Gasteiger partial charge in [-0.15, -0.1) is 0 Å². The highest BCUT2D eigenvalue weighted by atomic mass is 35.5. The summed E-state index contributed by atoms with van der Waals surface area (Å²) in [6.45, 7) is 19.8. The maximum absolute atomic E-state index is 12.5. The number of carbonyl (C=O) groups excluding carboxylic acids is 4. The Labute approximate surface area is 365 Å². The molecule has 0 saturated heterocycles. The van der Waals surface area contributed by atoms with E-state index in [1.165, 1.54) is 24.3 Å². The second-order valence-corrected chi connectivity index (χ2v) is 17.8. The van der Waals surface area contributed by atoms with Gasteiger partial charge >= 0.3 is 30.2 Å². The van der Waals surface area contributed by atoms with Crippen molar-refractivity contribution in [1.29, 1.82) is 0 Å². The van der Waals surface area contributed by atoms with E-state index in [0.717, 1.165) is 4.90 Å². The SMILES string of the molecule is CC(C)(C)OC(=O)N(C(=O)OC(C)(C)C)c1cc(Cl)nc(Cl)c1.CC(C)(C)OC(=O)Nc1c(C(=O)O)c(Cl)nc(Cl)c1C(=O)OC(C)(C)C.Nc1cc(Cl)nc(Cl)c1. The van der Waals surface area contributed by atoms with E-state index >= 15 is 0 Å². The Hall–Kier alpha value is -4.06. The van der Waals surface area contributed by atoms with Gasteiger partial charge in [0.25, 0.3) is 0 Å². The first-order chi connectivity index (χ1) is 26.1. The molecule has 3 amide bonds. The van der Waals surface area contributed by atoms with E-state index in [-0.39, 0.29) is 16.0 Å². The van der Waals surface area contributed by atoms with Crippen molar-refractivity contribution in [2.45, 2.75) is 105 Å². The van der Waals surface area contributed by atoms with Gasteiger partial charge in [-0.25, -0.2) is 38.9 Å². The zero-order chi connectivity index (χ0) is 45.3. The molecule has 0 aliphatic rings. The fraction of sp³-hybridized carbons (Fsp3) is 0.444. The highest BCUT2D eigenvalue weighted by Gasteiger charge is 2.34. The lowest BCUT2D eigenvalue weighted by atomic mass is 10.1. The molecule has 0 aliphatic carbocycles. The van der Waals surface area contributed by atoms with Gasteiger partial charge in [0, 0.05) is 17.8 Å². The smallest absolute Gasteiger partial charge is 0.424 e. The van der Waals surface area contributed by atoms with Crippen LogP contribution in [0.1, 0.15) is 104 Å². The van der Waals surface area contributed by atoms with E-state index in [4.69, 9.17) is 94.3 Å². The number of hydrogen-bond acceptors (Lipinski definition) is 13. The summed E-state index contributed by atoms with van der Waals surface area (Å²) in [6, 6.07) is 5.71. The molecular formula is C36H44Cl6N6O10. The van der Waals surface area contributed by atoms with E-state index in [9.17, 15) is 29.1 Å². The zero-order valence-corrected chi connectivity index (χ0v) is 38.1. The molecule has 3 aromatic heterocycles. The number of hydrogen-bond donors (Lipinski definition) is 3. The highest BCUT2D eigenvalue weighted by Crippen LogP contribution is 2.34. The van der Waals surface area contributed by atoms with Crippen LogP contribution in [0.5, 0.6) is 0 Å². The van der Waals surface area contributed by atoms with Gasteiger partial charge in [-0.1, -0.05) is 69.6 Å². The quantitative estimate of drug-likeness (QED) is 0.126. The summed E-state index contributed by atoms with van der Waals surface area (Å²) >= 11 is 34.4. The molecule has 3 heterocycles. The molecule has 320 valence electrons. The molecule has 16 nitrogen and oxygen atoms in total. The van der Waals surface area contributed by atoms with Crippen LogP contribution in [-0.2, 0) is 18.9 Å². The average molecular weight is 933 g/mol. The van der Waals surface area contributed by atoms with Gasteiger partial charge in [0.2, 0.25) is 0 Å². The van der Waals surface area contributed by atoms with Gasteiger partial charge in [0.15, 0.2) is 0 Å². The van der Waals surface area contributed by atoms with Gasteiger partial charge < -0.3 is 29.8 Å². The fourth-order valence-corrected chi connectivity index (χ4v) is 5.22. The number of carboxylic acids is 1. The number of aromatic nitrogens is 3. The Morgan fingerprint density at radius 1 is 0.586 bits per heavy atom. The molecule has 0 unspecified atom stereocenters. The number of anilines is 3. The number of nitrogens with one attached hydrogen (secondary N) is 1. The third-order valence-electron chi connectivity index (χ3n) is 5.49. The van der Waals surface area contributed by atoms with Crippen LogP contribution in [0.3, 0.4) is 0 Å². The van der Waals surface area contributed by atoms with Crippen molar-refractivity contribution in [3.63, 3.8) is 0 Å². The van der Waals surface area contributed by atoms with Crippen molar-refractivity contribution in [2.24, 2.45) is 0 Å². The number of rotatable bonds is 4. The number of imide groups is 1. The van der Waals surface area contributed by atoms with E-state index < -0.39 is 79.7 Å². The molecule has 0 spiro atoms. The number of pyridine rings is 3. The number of carboxylic acid groups (broad SMARTS) is 1. The third-order valence-corrected chi connectivity index (χ3v) is 6.82. The Kier molecular flexibility index (Phi) is 18.6. The Balaban J connectivity index is 0.000000479. The lowest BCUT2D eigenvalue weighted by molar-refractivity contribution is 0.00697. The molecule has 0 atom stereocenters. The minimum absolute atomic E-state index is 0.0321. The minimum Gasteiger partial charge on any atom is -0.478 e. The van der Waals surface area contributed by atoms with Gasteiger partial charge in [0.05, 0.1) is 11.4 Å². The summed E-state index contributed by atoms with van der Waals surface area (Å²) in [5.74, 6) is -2.49. The predicted molar refractivity (Wildman–Crippen MR) is 224 cm³/mol. The van der Waals surface area contributed by atoms with Crippen molar-refractivity contribution in [1.82, 2.24) is 15.0 Å². The Bertz CT molecular complexity index is 1910. The minimum atomic E-state index is -1.52. The molecule has 4 N–H and O–H groups in total. The van der Waals surface area contributed by atoms with Crippen molar-refractivity contribution < 1.29 is 48.0 Å². The van der Waals surface area contributed by atoms with Crippen LogP contribution < -0.4 is 16.0 Å². The van der Waals surface area contributed by atoms with Crippen molar-refractivity contribution in [3.05, 3.63) is 66.3 Å². The second-order valence-electron chi connectivity index (χ2n) is 15.6. The summed E-state index contributed by atoms with van der Waals surface area (Å²) in [6.07, 6.45) is -2.79. The molecule has 0 bridgehead atoms. The highest BCUT2D eigenvalue weighted by molar-refractivity contribution is 6.38. The molecule has 0 radical (unpaired) electrons. The molecule has 3 aromatic rings.